The number of nitrogens with one attached hydrogen (secondary N) is 1. The quantitative estimate of drug-likeness (QED) is 0.789. The van der Waals surface area contributed by atoms with Crippen LogP contribution in [0.4, 0.5) is 0 Å². The van der Waals surface area contributed by atoms with E-state index in [1.807, 2.05) is 6.92 Å². The number of aromatic nitrogens is 5. The third kappa shape index (κ3) is 1.64. The van der Waals surface area contributed by atoms with Gasteiger partial charge in [0, 0.05) is 18.7 Å². The zero-order valence-corrected chi connectivity index (χ0v) is 9.85. The van der Waals surface area contributed by atoms with Crippen molar-refractivity contribution in [3.05, 3.63) is 17.7 Å². The molecule has 1 unspecified atom stereocenters. The molecule has 0 aromatic carbocycles. The van der Waals surface area contributed by atoms with Crippen molar-refractivity contribution in [2.75, 3.05) is 6.54 Å². The number of hydrogen-bond donors (Lipinski definition) is 2. The van der Waals surface area contributed by atoms with Crippen LogP contribution in [0.25, 0.3) is 11.4 Å². The predicted molar refractivity (Wildman–Crippen MR) is 63.2 cm³/mol. The van der Waals surface area contributed by atoms with Crippen LogP contribution < -0.4 is 5.73 Å². The average Bonchev–Trinajstić information content (AvgIpc) is 2.94. The Balaban J connectivity index is 2.03. The van der Waals surface area contributed by atoms with Crippen molar-refractivity contribution in [3.63, 3.8) is 0 Å². The number of rotatable bonds is 2. The van der Waals surface area contributed by atoms with Crippen molar-refractivity contribution in [3.8, 4) is 11.4 Å². The Kier molecular flexibility index (Phi) is 2.44. The number of aryl methyl sites for hydroxylation is 2. The summed E-state index contributed by atoms with van der Waals surface area (Å²) in [5.74, 6) is 2.50. The van der Waals surface area contributed by atoms with E-state index in [1.165, 1.54) is 0 Å². The molecule has 0 radical (unpaired) electrons. The fraction of sp³-hybridized carbons (Fsp3) is 0.545. The van der Waals surface area contributed by atoms with Crippen LogP contribution >= 0.6 is 0 Å². The number of aromatic amines is 1. The minimum absolute atomic E-state index is 0.532. The van der Waals surface area contributed by atoms with E-state index in [0.717, 1.165) is 48.8 Å². The lowest BCUT2D eigenvalue weighted by atomic mass is 9.99. The van der Waals surface area contributed by atoms with E-state index in [-0.39, 0.29) is 0 Å². The summed E-state index contributed by atoms with van der Waals surface area (Å²) in [6.07, 6.45) is 3.88. The molecule has 1 aliphatic rings. The summed E-state index contributed by atoms with van der Waals surface area (Å²) in [7, 11) is 0. The van der Waals surface area contributed by atoms with Crippen molar-refractivity contribution >= 4 is 0 Å². The maximum atomic E-state index is 5.76. The molecule has 0 bridgehead atoms. The van der Waals surface area contributed by atoms with E-state index in [2.05, 4.69) is 25.0 Å². The largest absolute Gasteiger partial charge is 0.330 e. The van der Waals surface area contributed by atoms with Crippen LogP contribution in [0.1, 0.15) is 17.9 Å². The molecule has 2 aromatic heterocycles. The van der Waals surface area contributed by atoms with Gasteiger partial charge in [-0.25, -0.2) is 0 Å². The number of hydrogen-bond acceptors (Lipinski definition) is 4. The summed E-state index contributed by atoms with van der Waals surface area (Å²) < 4.78 is 2.18. The molecule has 0 spiro atoms. The summed E-state index contributed by atoms with van der Waals surface area (Å²) in [4.78, 5) is 0. The second-order valence-electron chi connectivity index (χ2n) is 4.60. The van der Waals surface area contributed by atoms with Crippen molar-refractivity contribution < 1.29 is 0 Å². The Labute approximate surface area is 99.2 Å². The van der Waals surface area contributed by atoms with Gasteiger partial charge in [0.1, 0.15) is 5.82 Å². The molecule has 0 saturated carbocycles. The third-order valence-corrected chi connectivity index (χ3v) is 3.45. The smallest absolute Gasteiger partial charge is 0.167 e. The van der Waals surface area contributed by atoms with Crippen LogP contribution in [0.15, 0.2) is 6.20 Å². The molecule has 3 rings (SSSR count). The zero-order chi connectivity index (χ0) is 11.8. The molecule has 2 aromatic rings. The lowest BCUT2D eigenvalue weighted by molar-refractivity contribution is 0.375. The van der Waals surface area contributed by atoms with Gasteiger partial charge in [0.25, 0.3) is 0 Å². The Morgan fingerprint density at radius 2 is 2.41 bits per heavy atom. The van der Waals surface area contributed by atoms with Gasteiger partial charge in [-0.15, -0.1) is 10.2 Å². The molecule has 6 heteroatoms. The minimum atomic E-state index is 0.532. The third-order valence-electron chi connectivity index (χ3n) is 3.45. The average molecular weight is 232 g/mol. The van der Waals surface area contributed by atoms with Gasteiger partial charge in [-0.1, -0.05) is 0 Å². The van der Waals surface area contributed by atoms with Crippen molar-refractivity contribution in [1.82, 2.24) is 25.0 Å². The standard InChI is InChI=1S/C11H16N6/c1-7-9(5-13-14-7)11-16-15-10-3-2-8(4-12)6-17(10)11/h5,8H,2-4,6,12H2,1H3,(H,13,14). The highest BCUT2D eigenvalue weighted by Gasteiger charge is 2.23. The van der Waals surface area contributed by atoms with E-state index in [9.17, 15) is 0 Å². The van der Waals surface area contributed by atoms with Gasteiger partial charge in [0.2, 0.25) is 0 Å². The lowest BCUT2D eigenvalue weighted by Crippen LogP contribution is -2.26. The summed E-state index contributed by atoms with van der Waals surface area (Å²) >= 11 is 0. The first kappa shape index (κ1) is 10.5. The second kappa shape index (κ2) is 3.96. The molecule has 0 fully saturated rings. The van der Waals surface area contributed by atoms with Crippen molar-refractivity contribution in [2.24, 2.45) is 11.7 Å². The molecular formula is C11H16N6. The van der Waals surface area contributed by atoms with Gasteiger partial charge in [0.05, 0.1) is 11.8 Å². The van der Waals surface area contributed by atoms with Gasteiger partial charge < -0.3 is 10.3 Å². The molecule has 3 N–H and O–H groups in total. The molecule has 17 heavy (non-hydrogen) atoms. The summed E-state index contributed by atoms with van der Waals surface area (Å²) in [6.45, 7) is 3.63. The number of fused-ring (bicyclic) bond motifs is 1. The molecule has 90 valence electrons. The van der Waals surface area contributed by atoms with Crippen LogP contribution in [0.5, 0.6) is 0 Å². The Hall–Kier alpha value is -1.69. The Morgan fingerprint density at radius 3 is 3.12 bits per heavy atom. The van der Waals surface area contributed by atoms with Crippen molar-refractivity contribution in [2.45, 2.75) is 26.3 Å². The maximum absolute atomic E-state index is 5.76. The van der Waals surface area contributed by atoms with Crippen LogP contribution in [0.3, 0.4) is 0 Å². The van der Waals surface area contributed by atoms with Gasteiger partial charge in [-0.3, -0.25) is 5.10 Å². The van der Waals surface area contributed by atoms with E-state index >= 15 is 0 Å². The van der Waals surface area contributed by atoms with Crippen LogP contribution in [-0.2, 0) is 13.0 Å². The topological polar surface area (TPSA) is 85.4 Å². The van der Waals surface area contributed by atoms with E-state index in [0.29, 0.717) is 5.92 Å². The molecule has 0 amide bonds. The Bertz CT molecular complexity index is 526. The highest BCUT2D eigenvalue weighted by atomic mass is 15.3. The SMILES string of the molecule is Cc1[nH]ncc1-c1nnc2n1CC(CN)CC2. The molecule has 1 aliphatic heterocycles. The molecule has 0 aliphatic carbocycles. The molecular weight excluding hydrogens is 216 g/mol. The summed E-state index contributed by atoms with van der Waals surface area (Å²) in [5.41, 5.74) is 7.81. The highest BCUT2D eigenvalue weighted by molar-refractivity contribution is 5.57. The first-order valence-corrected chi connectivity index (χ1v) is 5.92. The summed E-state index contributed by atoms with van der Waals surface area (Å²) in [6, 6.07) is 0. The fourth-order valence-electron chi connectivity index (χ4n) is 2.36. The number of H-pyrrole nitrogens is 1. The van der Waals surface area contributed by atoms with Crippen LogP contribution in [0, 0.1) is 12.8 Å². The first-order valence-electron chi connectivity index (χ1n) is 5.92. The fourth-order valence-corrected chi connectivity index (χ4v) is 2.36. The van der Waals surface area contributed by atoms with E-state index in [1.54, 1.807) is 6.20 Å². The minimum Gasteiger partial charge on any atom is -0.330 e. The highest BCUT2D eigenvalue weighted by Crippen LogP contribution is 2.26. The predicted octanol–water partition coefficient (Wildman–Crippen LogP) is 0.498. The van der Waals surface area contributed by atoms with Gasteiger partial charge in [-0.2, -0.15) is 5.10 Å². The lowest BCUT2D eigenvalue weighted by Gasteiger charge is -2.22. The first-order chi connectivity index (χ1) is 8.29. The van der Waals surface area contributed by atoms with Crippen LogP contribution in [-0.4, -0.2) is 31.5 Å². The van der Waals surface area contributed by atoms with Gasteiger partial charge >= 0.3 is 0 Å². The van der Waals surface area contributed by atoms with E-state index in [4.69, 9.17) is 5.73 Å². The second-order valence-corrected chi connectivity index (χ2v) is 4.60. The van der Waals surface area contributed by atoms with Gasteiger partial charge in [0.15, 0.2) is 5.82 Å². The molecule has 3 heterocycles. The Morgan fingerprint density at radius 1 is 1.53 bits per heavy atom. The van der Waals surface area contributed by atoms with Gasteiger partial charge in [-0.05, 0) is 25.8 Å². The monoisotopic (exact) mass is 232 g/mol. The van der Waals surface area contributed by atoms with Crippen molar-refractivity contribution in [1.29, 1.82) is 0 Å². The van der Waals surface area contributed by atoms with E-state index < -0.39 is 0 Å². The maximum Gasteiger partial charge on any atom is 0.167 e. The van der Waals surface area contributed by atoms with Crippen LogP contribution in [0.2, 0.25) is 0 Å². The summed E-state index contributed by atoms with van der Waals surface area (Å²) in [5, 5.41) is 15.5. The normalized spacial score (nSPS) is 19.3. The number of nitrogens with zero attached hydrogens (tertiary/aromatic N) is 4. The molecule has 6 nitrogen and oxygen atoms in total. The molecule has 0 saturated heterocycles. The molecule has 1 atom stereocenters. The number of nitrogens with two attached hydrogens (primary N) is 1. The zero-order valence-electron chi connectivity index (χ0n) is 9.85.